The number of imide groups is 1. The average Bonchev–Trinajstić information content (AvgIpc) is 2.82. The molecule has 20 heavy (non-hydrogen) atoms. The second-order valence-electron chi connectivity index (χ2n) is 3.70. The zero-order chi connectivity index (χ0) is 14.5. The molecule has 106 valence electrons. The highest BCUT2D eigenvalue weighted by molar-refractivity contribution is 7.22. The van der Waals surface area contributed by atoms with Crippen molar-refractivity contribution in [3.05, 3.63) is 24.3 Å². The lowest BCUT2D eigenvalue weighted by atomic mass is 10.3. The highest BCUT2D eigenvalue weighted by Gasteiger charge is 2.29. The molecule has 0 unspecified atom stereocenters. The number of benzene rings is 1. The predicted octanol–water partition coefficient (Wildman–Crippen LogP) is 3.42. The van der Waals surface area contributed by atoms with Crippen LogP contribution < -0.4 is 4.90 Å². The van der Waals surface area contributed by atoms with Crippen LogP contribution >= 0.6 is 11.3 Å². The van der Waals surface area contributed by atoms with Crippen molar-refractivity contribution >= 4 is 38.9 Å². The van der Waals surface area contributed by atoms with Crippen LogP contribution in [0.1, 0.15) is 13.8 Å². The summed E-state index contributed by atoms with van der Waals surface area (Å²) < 4.78 is 10.6. The maximum absolute atomic E-state index is 11.9. The number of fused-ring (bicyclic) bond motifs is 1. The Labute approximate surface area is 119 Å². The zero-order valence-corrected chi connectivity index (χ0v) is 12.0. The van der Waals surface area contributed by atoms with E-state index in [2.05, 4.69) is 4.98 Å². The van der Waals surface area contributed by atoms with Gasteiger partial charge in [0.05, 0.1) is 23.4 Å². The summed E-state index contributed by atoms with van der Waals surface area (Å²) in [5, 5.41) is 0.239. The van der Waals surface area contributed by atoms with Crippen LogP contribution in [0.5, 0.6) is 0 Å². The van der Waals surface area contributed by atoms with Gasteiger partial charge in [-0.3, -0.25) is 0 Å². The molecule has 2 rings (SSSR count). The zero-order valence-electron chi connectivity index (χ0n) is 11.2. The topological polar surface area (TPSA) is 68.7 Å². The lowest BCUT2D eigenvalue weighted by Crippen LogP contribution is -2.37. The first kappa shape index (κ1) is 14.3. The number of nitrogens with zero attached hydrogens (tertiary/aromatic N) is 2. The van der Waals surface area contributed by atoms with Gasteiger partial charge in [-0.25, -0.2) is 14.6 Å². The molecule has 0 spiro atoms. The van der Waals surface area contributed by atoms with E-state index in [0.717, 1.165) is 9.60 Å². The van der Waals surface area contributed by atoms with Crippen LogP contribution in [0.2, 0.25) is 0 Å². The summed E-state index contributed by atoms with van der Waals surface area (Å²) in [6, 6.07) is 7.38. The number of carbonyl (C=O) groups excluding carboxylic acids is 2. The minimum Gasteiger partial charge on any atom is -0.449 e. The molecule has 0 aliphatic carbocycles. The van der Waals surface area contributed by atoms with Crippen LogP contribution in [0, 0.1) is 0 Å². The van der Waals surface area contributed by atoms with Gasteiger partial charge in [0.15, 0.2) is 0 Å². The van der Waals surface area contributed by atoms with Crippen LogP contribution in [-0.4, -0.2) is 30.4 Å². The van der Waals surface area contributed by atoms with Gasteiger partial charge < -0.3 is 9.47 Å². The Morgan fingerprint density at radius 3 is 2.30 bits per heavy atom. The van der Waals surface area contributed by atoms with E-state index >= 15 is 0 Å². The molecule has 1 aromatic heterocycles. The van der Waals surface area contributed by atoms with Gasteiger partial charge in [-0.05, 0) is 26.0 Å². The highest BCUT2D eigenvalue weighted by atomic mass is 32.1. The number of hydrogen-bond donors (Lipinski definition) is 0. The standard InChI is InChI=1S/C13H14N2O4S/c1-3-18-12(16)15(13(17)19-4-2)11-14-9-7-5-6-8-10(9)20-11/h5-8H,3-4H2,1-2H3. The van der Waals surface area contributed by atoms with Crippen LogP contribution in [-0.2, 0) is 9.47 Å². The first-order valence-electron chi connectivity index (χ1n) is 6.16. The third-order valence-corrected chi connectivity index (χ3v) is 3.40. The first-order chi connectivity index (χ1) is 9.67. The number of carbonyl (C=O) groups is 2. The fraction of sp³-hybridized carbons (Fsp3) is 0.308. The number of hydrogen-bond acceptors (Lipinski definition) is 6. The van der Waals surface area contributed by atoms with Gasteiger partial charge >= 0.3 is 12.2 Å². The maximum atomic E-state index is 11.9. The quantitative estimate of drug-likeness (QED) is 0.867. The third kappa shape index (κ3) is 2.88. The molecule has 2 amide bonds. The van der Waals surface area contributed by atoms with Crippen molar-refractivity contribution in [1.29, 1.82) is 0 Å². The van der Waals surface area contributed by atoms with Crippen LogP contribution in [0.4, 0.5) is 14.7 Å². The summed E-state index contributed by atoms with van der Waals surface area (Å²) >= 11 is 1.23. The van der Waals surface area contributed by atoms with Gasteiger partial charge in [-0.15, -0.1) is 0 Å². The monoisotopic (exact) mass is 294 g/mol. The van der Waals surface area contributed by atoms with E-state index in [1.165, 1.54) is 11.3 Å². The normalized spacial score (nSPS) is 10.3. The Hall–Kier alpha value is -2.15. The first-order valence-corrected chi connectivity index (χ1v) is 6.98. The van der Waals surface area contributed by atoms with Crippen molar-refractivity contribution in [2.45, 2.75) is 13.8 Å². The number of amides is 2. The molecule has 0 saturated heterocycles. The molecular weight excluding hydrogens is 280 g/mol. The highest BCUT2D eigenvalue weighted by Crippen LogP contribution is 2.29. The van der Waals surface area contributed by atoms with Crippen LogP contribution in [0.15, 0.2) is 24.3 Å². The molecule has 1 heterocycles. The minimum absolute atomic E-state index is 0.166. The largest absolute Gasteiger partial charge is 0.449 e. The van der Waals surface area contributed by atoms with Gasteiger partial charge in [0.2, 0.25) is 5.13 Å². The number of aromatic nitrogens is 1. The fourth-order valence-corrected chi connectivity index (χ4v) is 2.51. The van der Waals surface area contributed by atoms with Gasteiger partial charge in [0, 0.05) is 0 Å². The van der Waals surface area contributed by atoms with Crippen molar-refractivity contribution < 1.29 is 19.1 Å². The molecule has 1 aromatic carbocycles. The molecule has 0 fully saturated rings. The summed E-state index contributed by atoms with van der Waals surface area (Å²) in [7, 11) is 0. The minimum atomic E-state index is -0.787. The molecule has 0 aliphatic heterocycles. The van der Waals surface area contributed by atoms with E-state index in [9.17, 15) is 9.59 Å². The lowest BCUT2D eigenvalue weighted by Gasteiger charge is -2.16. The molecule has 0 atom stereocenters. The second kappa shape index (κ2) is 6.33. The molecule has 2 aromatic rings. The van der Waals surface area contributed by atoms with Crippen molar-refractivity contribution in [3.8, 4) is 0 Å². The van der Waals surface area contributed by atoms with Gasteiger partial charge in [0.1, 0.15) is 0 Å². The van der Waals surface area contributed by atoms with Crippen molar-refractivity contribution in [2.75, 3.05) is 18.1 Å². The number of ether oxygens (including phenoxy) is 2. The number of para-hydroxylation sites is 1. The molecule has 0 aliphatic rings. The number of anilines is 1. The summed E-state index contributed by atoms with van der Waals surface area (Å²) in [4.78, 5) is 28.9. The maximum Gasteiger partial charge on any atom is 0.425 e. The SMILES string of the molecule is CCOC(=O)N(C(=O)OCC)c1nc2ccccc2s1. The Morgan fingerprint density at radius 1 is 1.15 bits per heavy atom. The predicted molar refractivity (Wildman–Crippen MR) is 76.1 cm³/mol. The number of thiazole rings is 1. The Bertz CT molecular complexity index is 575. The summed E-state index contributed by atoms with van der Waals surface area (Å²) in [6.07, 6.45) is -1.57. The molecule has 0 saturated carbocycles. The van der Waals surface area contributed by atoms with Crippen LogP contribution in [0.25, 0.3) is 10.2 Å². The van der Waals surface area contributed by atoms with Crippen LogP contribution in [0.3, 0.4) is 0 Å². The van der Waals surface area contributed by atoms with Gasteiger partial charge in [0.25, 0.3) is 0 Å². The average molecular weight is 294 g/mol. The fourth-order valence-electron chi connectivity index (χ4n) is 1.56. The Kier molecular flexibility index (Phi) is 4.52. The summed E-state index contributed by atoms with van der Waals surface area (Å²) in [6.45, 7) is 3.67. The Morgan fingerprint density at radius 2 is 1.75 bits per heavy atom. The molecule has 0 N–H and O–H groups in total. The molecule has 7 heteroatoms. The van der Waals surface area contributed by atoms with Gasteiger partial charge in [-0.2, -0.15) is 4.90 Å². The lowest BCUT2D eigenvalue weighted by molar-refractivity contribution is 0.140. The molecular formula is C13H14N2O4S. The van der Waals surface area contributed by atoms with E-state index in [-0.39, 0.29) is 18.3 Å². The summed E-state index contributed by atoms with van der Waals surface area (Å²) in [5.74, 6) is 0. The van der Waals surface area contributed by atoms with E-state index in [1.54, 1.807) is 13.8 Å². The number of rotatable bonds is 3. The smallest absolute Gasteiger partial charge is 0.425 e. The van der Waals surface area contributed by atoms with Crippen molar-refractivity contribution in [2.24, 2.45) is 0 Å². The van der Waals surface area contributed by atoms with E-state index in [4.69, 9.17) is 9.47 Å². The molecule has 0 bridgehead atoms. The Balaban J connectivity index is 2.38. The van der Waals surface area contributed by atoms with Crippen molar-refractivity contribution in [3.63, 3.8) is 0 Å². The van der Waals surface area contributed by atoms with Gasteiger partial charge in [-0.1, -0.05) is 23.5 Å². The van der Waals surface area contributed by atoms with E-state index < -0.39 is 12.2 Å². The summed E-state index contributed by atoms with van der Waals surface area (Å²) in [5.41, 5.74) is 0.714. The second-order valence-corrected chi connectivity index (χ2v) is 4.71. The molecule has 0 radical (unpaired) electrons. The van der Waals surface area contributed by atoms with Crippen molar-refractivity contribution in [1.82, 2.24) is 4.98 Å². The molecule has 6 nitrogen and oxygen atoms in total. The third-order valence-electron chi connectivity index (χ3n) is 2.37. The van der Waals surface area contributed by atoms with E-state index in [1.807, 2.05) is 24.3 Å². The van der Waals surface area contributed by atoms with E-state index in [0.29, 0.717) is 5.52 Å².